The second-order valence-electron chi connectivity index (χ2n) is 20.7. The maximum absolute atomic E-state index is 16.0. The van der Waals surface area contributed by atoms with Gasteiger partial charge in [0.2, 0.25) is 25.1 Å². The molecule has 4 aromatic rings. The number of ether oxygens (including phenoxy) is 16. The molecule has 0 saturated carbocycles. The van der Waals surface area contributed by atoms with Gasteiger partial charge in [0, 0.05) is 23.7 Å². The van der Waals surface area contributed by atoms with Crippen LogP contribution in [0.4, 0.5) is 0 Å². The van der Waals surface area contributed by atoms with Crippen molar-refractivity contribution in [3.8, 4) is 57.5 Å². The minimum atomic E-state index is -1.94. The van der Waals surface area contributed by atoms with Crippen molar-refractivity contribution in [3.05, 3.63) is 81.9 Å². The highest BCUT2D eigenvalue weighted by atomic mass is 16.7. The van der Waals surface area contributed by atoms with Crippen molar-refractivity contribution in [2.75, 3.05) is 82.7 Å². The predicted octanol–water partition coefficient (Wildman–Crippen LogP) is 0.467. The van der Waals surface area contributed by atoms with Crippen LogP contribution >= 0.6 is 0 Å². The lowest BCUT2D eigenvalue weighted by atomic mass is 9.64. The summed E-state index contributed by atoms with van der Waals surface area (Å²) in [6.45, 7) is -3.30. The molecule has 26 heteroatoms. The molecule has 0 unspecified atom stereocenters. The molecule has 2 aliphatic carbocycles. The quantitative estimate of drug-likeness (QED) is 0.0796. The summed E-state index contributed by atoms with van der Waals surface area (Å²) >= 11 is 0. The third-order valence-electron chi connectivity index (χ3n) is 16.6. The molecular formula is C56H64O26. The Morgan fingerprint density at radius 3 is 1.06 bits per heavy atom. The number of rotatable bonds is 14. The number of esters is 2. The van der Waals surface area contributed by atoms with Crippen molar-refractivity contribution >= 4 is 11.9 Å². The fraction of sp³-hybridized carbons (Fsp3) is 0.536. The third-order valence-corrected chi connectivity index (χ3v) is 16.6. The van der Waals surface area contributed by atoms with Gasteiger partial charge in [0.05, 0.1) is 93.1 Å². The van der Waals surface area contributed by atoms with Gasteiger partial charge in [-0.2, -0.15) is 0 Å². The van der Waals surface area contributed by atoms with Gasteiger partial charge in [-0.15, -0.1) is 0 Å². The van der Waals surface area contributed by atoms with Crippen molar-refractivity contribution in [2.24, 2.45) is 23.7 Å². The smallest absolute Gasteiger partial charge is 0.310 e. The number of carbonyl (C=O) groups excluding carboxylic acids is 2. The highest BCUT2D eigenvalue weighted by Crippen LogP contribution is 2.59. The fourth-order valence-electron chi connectivity index (χ4n) is 12.6. The van der Waals surface area contributed by atoms with Crippen molar-refractivity contribution < 1.29 is 126 Å². The molecule has 3 fully saturated rings. The molecule has 0 bridgehead atoms. The maximum Gasteiger partial charge on any atom is 0.310 e. The number of methoxy groups -OCH3 is 6. The molecule has 0 spiro atoms. The van der Waals surface area contributed by atoms with Crippen LogP contribution in [-0.2, 0) is 38.0 Å². The van der Waals surface area contributed by atoms with Crippen LogP contribution in [-0.4, -0.2) is 197 Å². The zero-order valence-electron chi connectivity index (χ0n) is 45.2. The number of hydrogen-bond acceptors (Lipinski definition) is 26. The first kappa shape index (κ1) is 57.2. The van der Waals surface area contributed by atoms with E-state index in [9.17, 15) is 40.9 Å². The molecule has 82 heavy (non-hydrogen) atoms. The van der Waals surface area contributed by atoms with Crippen LogP contribution in [0.3, 0.4) is 0 Å². The minimum Gasteiger partial charge on any atom is -0.493 e. The van der Waals surface area contributed by atoms with Crippen molar-refractivity contribution in [1.82, 2.24) is 0 Å². The third kappa shape index (κ3) is 9.66. The normalized spacial score (nSPS) is 33.5. The molecule has 5 aliphatic heterocycles. The summed E-state index contributed by atoms with van der Waals surface area (Å²) in [4.78, 5) is 32.1. The van der Waals surface area contributed by atoms with Crippen LogP contribution in [0.2, 0.25) is 0 Å². The van der Waals surface area contributed by atoms with Crippen LogP contribution in [0.5, 0.6) is 57.5 Å². The highest BCUT2D eigenvalue weighted by Gasteiger charge is 2.57. The number of aliphatic hydroxyl groups is 8. The summed E-state index contributed by atoms with van der Waals surface area (Å²) < 4.78 is 96.8. The molecule has 8 N–H and O–H groups in total. The summed E-state index contributed by atoms with van der Waals surface area (Å²) in [5.41, 5.74) is 2.16. The summed E-state index contributed by atoms with van der Waals surface area (Å²) in [6, 6.07) is 13.1. The molecule has 7 aliphatic rings. The van der Waals surface area contributed by atoms with E-state index in [2.05, 4.69) is 0 Å². The first-order chi connectivity index (χ1) is 39.6. The molecule has 3 saturated heterocycles. The largest absolute Gasteiger partial charge is 0.493 e. The minimum absolute atomic E-state index is 0.191. The Morgan fingerprint density at radius 1 is 0.427 bits per heavy atom. The summed E-state index contributed by atoms with van der Waals surface area (Å²) in [5, 5.41) is 87.4. The monoisotopic (exact) mass is 1150 g/mol. The Kier molecular flexibility index (Phi) is 16.2. The highest BCUT2D eigenvalue weighted by molar-refractivity contribution is 5.80. The summed E-state index contributed by atoms with van der Waals surface area (Å²) in [6.07, 6.45) is -20.5. The van der Waals surface area contributed by atoms with E-state index in [1.807, 2.05) is 0 Å². The number of hydrogen-bond donors (Lipinski definition) is 8. The van der Waals surface area contributed by atoms with Crippen LogP contribution in [0.1, 0.15) is 57.4 Å². The van der Waals surface area contributed by atoms with Gasteiger partial charge in [0.25, 0.3) is 0 Å². The summed E-state index contributed by atoms with van der Waals surface area (Å²) in [7, 11) is 8.51. The second kappa shape index (κ2) is 23.2. The zero-order valence-corrected chi connectivity index (χ0v) is 45.2. The Bertz CT molecular complexity index is 2770. The van der Waals surface area contributed by atoms with E-state index in [1.54, 1.807) is 48.5 Å². The standard InChI is InChI=1S/C56H64O26/c1-67-33-7-21(8-34(68-2)51(33)71-5)39-23-11-29-31(77-19-75-29)13-25(23)49(81-55-47(63)45(61)43(59)37(15-57)79-55)27-17-74-54(66)42-28(18-73-53(65)41(27)39)50(82-56-48(64)46(62)44(60)38(16-58)80-56)26-14-32-30(76-20-78-32)12-24(26)40(42)22-9-35(69-3)52(72-6)36(10-22)70-4/h7-14,27-28,37-50,55-64H,15-20H2,1-6H3/t27-,28-,37-,38-,39+,40+,41+,42+,43-,44-,45+,46+,47-,48-,49-,50-,55+,56+/m1/s1. The average Bonchev–Trinajstić information content (AvgIpc) is 4.30. The number of cyclic esters (lactones) is 2. The van der Waals surface area contributed by atoms with E-state index < -0.39 is 147 Å². The number of aliphatic hydroxyl groups excluding tert-OH is 8. The zero-order chi connectivity index (χ0) is 58.0. The predicted molar refractivity (Wildman–Crippen MR) is 272 cm³/mol. The average molecular weight is 1150 g/mol. The van der Waals surface area contributed by atoms with Gasteiger partial charge in [-0.3, -0.25) is 9.59 Å². The second-order valence-corrected chi connectivity index (χ2v) is 20.7. The van der Waals surface area contributed by atoms with Crippen molar-refractivity contribution in [1.29, 1.82) is 0 Å². The van der Waals surface area contributed by atoms with E-state index in [0.29, 0.717) is 33.4 Å². The van der Waals surface area contributed by atoms with Gasteiger partial charge in [-0.05, 0) is 81.9 Å². The van der Waals surface area contributed by atoms with Gasteiger partial charge < -0.3 is 117 Å². The van der Waals surface area contributed by atoms with Crippen molar-refractivity contribution in [3.63, 3.8) is 0 Å². The fourth-order valence-corrected chi connectivity index (χ4v) is 12.6. The van der Waals surface area contributed by atoms with E-state index in [1.165, 1.54) is 42.7 Å². The molecule has 4 aromatic carbocycles. The lowest BCUT2D eigenvalue weighted by molar-refractivity contribution is -0.320. The molecule has 5 heterocycles. The molecule has 444 valence electrons. The first-order valence-electron chi connectivity index (χ1n) is 26.3. The van der Waals surface area contributed by atoms with Gasteiger partial charge in [-0.25, -0.2) is 0 Å². The van der Waals surface area contributed by atoms with Crippen LogP contribution in [0.25, 0.3) is 0 Å². The Hall–Kier alpha value is -6.66. The van der Waals surface area contributed by atoms with E-state index in [-0.39, 0.29) is 71.1 Å². The number of benzene rings is 4. The van der Waals surface area contributed by atoms with Gasteiger partial charge in [0.15, 0.2) is 58.6 Å². The van der Waals surface area contributed by atoms with Gasteiger partial charge in [-0.1, -0.05) is 0 Å². The first-order valence-corrected chi connectivity index (χ1v) is 26.3. The molecule has 0 radical (unpaired) electrons. The molecule has 26 nitrogen and oxygen atoms in total. The van der Waals surface area contributed by atoms with Gasteiger partial charge >= 0.3 is 11.9 Å². The van der Waals surface area contributed by atoms with Gasteiger partial charge in [0.1, 0.15) is 48.8 Å². The molecule has 18 atom stereocenters. The number of fused-ring (bicyclic) bond motifs is 6. The SMILES string of the molecule is COc1cc([C@H]2c3cc4c(cc3[C@@H](O[C@@H]3O[C@H](CO)[C@@H](O)[C@H](O)[C@H]3O)[C@@H]3COC(=O)[C@@H]5[C@@H](c6cc(OC)c(OC)c(OC)c6)c6cc7c(cc6[C@@H](O[C@@H]6O[C@H](CO)[C@@H](O)[C@H](O)[C@H]6O)[C@@H]5COC(=O)[C@H]23)OCO7)OCO4)cc(OC)c1OC. The Balaban J connectivity index is 1.12. The maximum atomic E-state index is 16.0. The molecule has 0 aromatic heterocycles. The molecule has 0 amide bonds. The van der Waals surface area contributed by atoms with E-state index in [0.717, 1.165) is 0 Å². The van der Waals surface area contributed by atoms with Crippen LogP contribution in [0.15, 0.2) is 48.5 Å². The molecular weight excluding hydrogens is 1090 g/mol. The van der Waals surface area contributed by atoms with E-state index >= 15 is 9.59 Å². The van der Waals surface area contributed by atoms with Crippen molar-refractivity contribution in [2.45, 2.75) is 85.5 Å². The molecule has 11 rings (SSSR count). The van der Waals surface area contributed by atoms with Crippen LogP contribution < -0.4 is 47.4 Å². The lowest BCUT2D eigenvalue weighted by Gasteiger charge is -2.48. The number of carbonyl (C=O) groups is 2. The van der Waals surface area contributed by atoms with E-state index in [4.69, 9.17) is 75.8 Å². The lowest BCUT2D eigenvalue weighted by Crippen LogP contribution is -2.60. The topological polar surface area (TPSA) is 344 Å². The van der Waals surface area contributed by atoms with Crippen LogP contribution in [0, 0.1) is 23.7 Å². The Labute approximate surface area is 468 Å². The summed E-state index contributed by atoms with van der Waals surface area (Å²) in [5.74, 6) is -7.24. The Morgan fingerprint density at radius 2 is 0.756 bits per heavy atom.